The SMILES string of the molecule is CCn1c(CN2CCC(C(=O)Nc3cccc(Cl)c3)CC2)nc2ccccc21. The fraction of sp³-hybridized carbons (Fsp3) is 0.364. The van der Waals surface area contributed by atoms with E-state index in [-0.39, 0.29) is 11.8 Å². The number of aromatic nitrogens is 2. The number of nitrogens with zero attached hydrogens (tertiary/aromatic N) is 3. The van der Waals surface area contributed by atoms with Gasteiger partial charge in [-0.3, -0.25) is 9.69 Å². The molecule has 6 heteroatoms. The number of rotatable bonds is 5. The normalized spacial score (nSPS) is 15.8. The van der Waals surface area contributed by atoms with Gasteiger partial charge in [-0.25, -0.2) is 4.98 Å². The zero-order chi connectivity index (χ0) is 19.5. The van der Waals surface area contributed by atoms with E-state index in [2.05, 4.69) is 39.9 Å². The van der Waals surface area contributed by atoms with E-state index in [4.69, 9.17) is 16.6 Å². The molecular weight excluding hydrogens is 372 g/mol. The van der Waals surface area contributed by atoms with Gasteiger partial charge in [0, 0.05) is 23.2 Å². The van der Waals surface area contributed by atoms with Gasteiger partial charge in [-0.1, -0.05) is 29.8 Å². The first-order valence-corrected chi connectivity index (χ1v) is 10.2. The number of anilines is 1. The standard InChI is InChI=1S/C22H25ClN4O/c1-2-27-20-9-4-3-8-19(20)25-21(27)15-26-12-10-16(11-13-26)22(28)24-18-7-5-6-17(23)14-18/h3-9,14,16H,2,10-13,15H2,1H3,(H,24,28). The Morgan fingerprint density at radius 3 is 2.71 bits per heavy atom. The third-order valence-electron chi connectivity index (χ3n) is 5.47. The maximum absolute atomic E-state index is 12.6. The Bertz CT molecular complexity index is 976. The summed E-state index contributed by atoms with van der Waals surface area (Å²) >= 11 is 6.00. The molecule has 0 radical (unpaired) electrons. The van der Waals surface area contributed by atoms with Crippen LogP contribution in [0.3, 0.4) is 0 Å². The molecule has 2 heterocycles. The summed E-state index contributed by atoms with van der Waals surface area (Å²) in [4.78, 5) is 19.8. The first-order chi connectivity index (χ1) is 13.6. The number of likely N-dealkylation sites (tertiary alicyclic amines) is 1. The van der Waals surface area contributed by atoms with Crippen molar-refractivity contribution < 1.29 is 4.79 Å². The maximum Gasteiger partial charge on any atom is 0.227 e. The van der Waals surface area contributed by atoms with Crippen LogP contribution in [0.15, 0.2) is 48.5 Å². The molecule has 4 rings (SSSR count). The Labute approximate surface area is 170 Å². The van der Waals surface area contributed by atoms with Crippen molar-refractivity contribution in [2.24, 2.45) is 5.92 Å². The number of imidazole rings is 1. The van der Waals surface area contributed by atoms with Gasteiger partial charge >= 0.3 is 0 Å². The Hall–Kier alpha value is -2.37. The Kier molecular flexibility index (Phi) is 5.64. The summed E-state index contributed by atoms with van der Waals surface area (Å²) in [6.07, 6.45) is 1.72. The van der Waals surface area contributed by atoms with Crippen LogP contribution in [0.1, 0.15) is 25.6 Å². The number of halogens is 1. The maximum atomic E-state index is 12.6. The first-order valence-electron chi connectivity index (χ1n) is 9.87. The van der Waals surface area contributed by atoms with Gasteiger partial charge in [-0.05, 0) is 63.2 Å². The highest BCUT2D eigenvalue weighted by Gasteiger charge is 2.26. The van der Waals surface area contributed by atoms with Crippen molar-refractivity contribution in [2.45, 2.75) is 32.9 Å². The molecule has 1 amide bonds. The van der Waals surface area contributed by atoms with Crippen LogP contribution >= 0.6 is 11.6 Å². The average Bonchev–Trinajstić information content (AvgIpc) is 3.05. The lowest BCUT2D eigenvalue weighted by atomic mass is 9.96. The summed E-state index contributed by atoms with van der Waals surface area (Å²) in [7, 11) is 0. The number of amides is 1. The van der Waals surface area contributed by atoms with Crippen LogP contribution < -0.4 is 5.32 Å². The molecule has 5 nitrogen and oxygen atoms in total. The summed E-state index contributed by atoms with van der Waals surface area (Å²) < 4.78 is 2.28. The third kappa shape index (κ3) is 4.05. The van der Waals surface area contributed by atoms with Crippen LogP contribution in [0.2, 0.25) is 5.02 Å². The van der Waals surface area contributed by atoms with Gasteiger partial charge in [0.15, 0.2) is 0 Å². The molecular formula is C22H25ClN4O. The van der Waals surface area contributed by atoms with Crippen LogP contribution in [0.25, 0.3) is 11.0 Å². The minimum absolute atomic E-state index is 0.0419. The van der Waals surface area contributed by atoms with Gasteiger partial charge < -0.3 is 9.88 Å². The van der Waals surface area contributed by atoms with Crippen molar-refractivity contribution in [3.63, 3.8) is 0 Å². The number of nitrogens with one attached hydrogen (secondary N) is 1. The van der Waals surface area contributed by atoms with E-state index in [0.717, 1.165) is 56.0 Å². The monoisotopic (exact) mass is 396 g/mol. The summed E-state index contributed by atoms with van der Waals surface area (Å²) in [6, 6.07) is 15.6. The minimum atomic E-state index is 0.0419. The lowest BCUT2D eigenvalue weighted by Gasteiger charge is -2.31. The molecule has 0 unspecified atom stereocenters. The molecule has 0 aliphatic carbocycles. The molecule has 1 fully saturated rings. The number of carbonyl (C=O) groups excluding carboxylic acids is 1. The van der Waals surface area contributed by atoms with Crippen molar-refractivity contribution in [3.05, 3.63) is 59.4 Å². The number of piperidine rings is 1. The highest BCUT2D eigenvalue weighted by Crippen LogP contribution is 2.23. The summed E-state index contributed by atoms with van der Waals surface area (Å²) in [5, 5.41) is 3.63. The highest BCUT2D eigenvalue weighted by atomic mass is 35.5. The number of hydrogen-bond donors (Lipinski definition) is 1. The van der Waals surface area contributed by atoms with Crippen molar-refractivity contribution in [1.82, 2.24) is 14.5 Å². The summed E-state index contributed by atoms with van der Waals surface area (Å²) in [5.74, 6) is 1.23. The first kappa shape index (κ1) is 19.0. The van der Waals surface area contributed by atoms with Crippen LogP contribution in [-0.2, 0) is 17.9 Å². The van der Waals surface area contributed by atoms with Gasteiger partial charge in [0.1, 0.15) is 5.82 Å². The zero-order valence-electron chi connectivity index (χ0n) is 16.1. The Balaban J connectivity index is 1.36. The van der Waals surface area contributed by atoms with E-state index < -0.39 is 0 Å². The number of hydrogen-bond acceptors (Lipinski definition) is 3. The van der Waals surface area contributed by atoms with Crippen molar-refractivity contribution in [3.8, 4) is 0 Å². The van der Waals surface area contributed by atoms with Gasteiger partial charge in [0.05, 0.1) is 17.6 Å². The molecule has 0 bridgehead atoms. The van der Waals surface area contributed by atoms with E-state index in [1.165, 1.54) is 5.52 Å². The number of carbonyl (C=O) groups is 1. The van der Waals surface area contributed by atoms with E-state index in [9.17, 15) is 4.79 Å². The molecule has 1 aliphatic rings. The molecule has 0 atom stereocenters. The van der Waals surface area contributed by atoms with E-state index in [1.54, 1.807) is 12.1 Å². The second kappa shape index (κ2) is 8.33. The Morgan fingerprint density at radius 2 is 1.96 bits per heavy atom. The number of aryl methyl sites for hydroxylation is 1. The van der Waals surface area contributed by atoms with Gasteiger partial charge in [-0.2, -0.15) is 0 Å². The third-order valence-corrected chi connectivity index (χ3v) is 5.70. The van der Waals surface area contributed by atoms with Crippen LogP contribution in [-0.4, -0.2) is 33.4 Å². The summed E-state index contributed by atoms with van der Waals surface area (Å²) in [6.45, 7) is 5.70. The fourth-order valence-corrected chi connectivity index (χ4v) is 4.15. The van der Waals surface area contributed by atoms with Crippen LogP contribution in [0.5, 0.6) is 0 Å². The quantitative estimate of drug-likeness (QED) is 0.687. The lowest BCUT2D eigenvalue weighted by molar-refractivity contribution is -0.121. The number of benzene rings is 2. The largest absolute Gasteiger partial charge is 0.327 e. The van der Waals surface area contributed by atoms with Crippen molar-refractivity contribution in [1.29, 1.82) is 0 Å². The van der Waals surface area contributed by atoms with Crippen molar-refractivity contribution >= 4 is 34.2 Å². The molecule has 1 saturated heterocycles. The fourth-order valence-electron chi connectivity index (χ4n) is 3.96. The smallest absolute Gasteiger partial charge is 0.227 e. The molecule has 1 aliphatic heterocycles. The predicted molar refractivity (Wildman–Crippen MR) is 113 cm³/mol. The number of para-hydroxylation sites is 2. The molecule has 1 N–H and O–H groups in total. The van der Waals surface area contributed by atoms with Crippen molar-refractivity contribution in [2.75, 3.05) is 18.4 Å². The van der Waals surface area contributed by atoms with Crippen LogP contribution in [0, 0.1) is 5.92 Å². The molecule has 1 aromatic heterocycles. The molecule has 2 aromatic carbocycles. The highest BCUT2D eigenvalue weighted by molar-refractivity contribution is 6.30. The second-order valence-corrected chi connectivity index (χ2v) is 7.75. The zero-order valence-corrected chi connectivity index (χ0v) is 16.8. The van der Waals surface area contributed by atoms with E-state index >= 15 is 0 Å². The Morgan fingerprint density at radius 1 is 1.18 bits per heavy atom. The van der Waals surface area contributed by atoms with E-state index in [1.807, 2.05) is 18.2 Å². The topological polar surface area (TPSA) is 50.2 Å². The van der Waals surface area contributed by atoms with E-state index in [0.29, 0.717) is 5.02 Å². The molecule has 0 saturated carbocycles. The molecule has 3 aromatic rings. The average molecular weight is 397 g/mol. The lowest BCUT2D eigenvalue weighted by Crippen LogP contribution is -2.38. The summed E-state index contributed by atoms with van der Waals surface area (Å²) in [5.41, 5.74) is 3.00. The van der Waals surface area contributed by atoms with Crippen LogP contribution in [0.4, 0.5) is 5.69 Å². The molecule has 146 valence electrons. The number of fused-ring (bicyclic) bond motifs is 1. The van der Waals surface area contributed by atoms with Gasteiger partial charge in [0.25, 0.3) is 0 Å². The minimum Gasteiger partial charge on any atom is -0.327 e. The molecule has 0 spiro atoms. The molecule has 28 heavy (non-hydrogen) atoms. The van der Waals surface area contributed by atoms with Gasteiger partial charge in [0.2, 0.25) is 5.91 Å². The van der Waals surface area contributed by atoms with Gasteiger partial charge in [-0.15, -0.1) is 0 Å². The predicted octanol–water partition coefficient (Wildman–Crippen LogP) is 4.56. The second-order valence-electron chi connectivity index (χ2n) is 7.31.